The second-order valence-corrected chi connectivity index (χ2v) is 3.25. The average molecular weight is 227 g/mol. The summed E-state index contributed by atoms with van der Waals surface area (Å²) in [4.78, 5) is 22.0. The van der Waals surface area contributed by atoms with Crippen LogP contribution in [0.15, 0.2) is 33.5 Å². The van der Waals surface area contributed by atoms with Gasteiger partial charge in [-0.2, -0.15) is 0 Å². The third-order valence-electron chi connectivity index (χ3n) is 1.91. The molecule has 0 spiro atoms. The second kappa shape index (κ2) is 3.47. The zero-order chi connectivity index (χ0) is 11.0. The van der Waals surface area contributed by atoms with Crippen molar-refractivity contribution in [2.45, 2.75) is 0 Å². The highest BCUT2D eigenvalue weighted by molar-refractivity contribution is 6.67. The molecule has 0 fully saturated rings. The molecule has 1 aromatic carbocycles. The van der Waals surface area contributed by atoms with Gasteiger partial charge in [0.15, 0.2) is 0 Å². The van der Waals surface area contributed by atoms with Crippen LogP contribution in [0, 0.1) is 5.82 Å². The summed E-state index contributed by atoms with van der Waals surface area (Å²) >= 11 is 5.16. The Bertz CT molecular complexity index is 603. The van der Waals surface area contributed by atoms with Gasteiger partial charge in [0.2, 0.25) is 0 Å². The summed E-state index contributed by atoms with van der Waals surface area (Å²) in [6.07, 6.45) is 0. The zero-order valence-corrected chi connectivity index (χ0v) is 8.05. The van der Waals surface area contributed by atoms with Gasteiger partial charge in [-0.15, -0.1) is 0 Å². The standard InChI is InChI=1S/C10H4ClFO3/c11-9(13)7-4-5-3-6(12)1-2-8(5)15-10(7)14/h1-4H. The monoisotopic (exact) mass is 226 g/mol. The van der Waals surface area contributed by atoms with Crippen molar-refractivity contribution >= 4 is 27.8 Å². The molecule has 0 unspecified atom stereocenters. The number of benzene rings is 1. The van der Waals surface area contributed by atoms with Crippen molar-refractivity contribution in [3.8, 4) is 0 Å². The summed E-state index contributed by atoms with van der Waals surface area (Å²) in [5.74, 6) is -0.482. The number of fused-ring (bicyclic) bond motifs is 1. The maximum atomic E-state index is 12.8. The molecule has 15 heavy (non-hydrogen) atoms. The maximum absolute atomic E-state index is 12.8. The van der Waals surface area contributed by atoms with Crippen molar-refractivity contribution in [3.05, 3.63) is 46.1 Å². The minimum absolute atomic E-state index is 0.211. The van der Waals surface area contributed by atoms with Gasteiger partial charge in [0.05, 0.1) is 0 Å². The molecule has 5 heteroatoms. The highest BCUT2D eigenvalue weighted by Gasteiger charge is 2.11. The van der Waals surface area contributed by atoms with Gasteiger partial charge < -0.3 is 4.42 Å². The zero-order valence-electron chi connectivity index (χ0n) is 7.29. The number of rotatable bonds is 1. The van der Waals surface area contributed by atoms with Gasteiger partial charge in [-0.1, -0.05) is 0 Å². The molecule has 0 atom stereocenters. The first-order valence-electron chi connectivity index (χ1n) is 4.01. The summed E-state index contributed by atoms with van der Waals surface area (Å²) in [6.45, 7) is 0. The van der Waals surface area contributed by atoms with Crippen LogP contribution in [0.2, 0.25) is 0 Å². The van der Waals surface area contributed by atoms with Crippen LogP contribution in [0.3, 0.4) is 0 Å². The molecule has 0 radical (unpaired) electrons. The maximum Gasteiger partial charge on any atom is 0.348 e. The summed E-state index contributed by atoms with van der Waals surface area (Å²) in [6, 6.07) is 4.84. The summed E-state index contributed by atoms with van der Waals surface area (Å²) < 4.78 is 17.6. The van der Waals surface area contributed by atoms with Crippen molar-refractivity contribution in [1.82, 2.24) is 0 Å². The van der Waals surface area contributed by atoms with E-state index in [1.54, 1.807) is 0 Å². The highest BCUT2D eigenvalue weighted by Crippen LogP contribution is 2.15. The molecule has 1 aromatic heterocycles. The van der Waals surface area contributed by atoms with Crippen LogP contribution in [0.1, 0.15) is 10.4 Å². The Morgan fingerprint density at radius 2 is 2.07 bits per heavy atom. The van der Waals surface area contributed by atoms with Gasteiger partial charge in [-0.05, 0) is 35.9 Å². The lowest BCUT2D eigenvalue weighted by molar-refractivity contribution is 0.107. The van der Waals surface area contributed by atoms with E-state index >= 15 is 0 Å². The Labute approximate surface area is 88.1 Å². The fourth-order valence-corrected chi connectivity index (χ4v) is 1.36. The molecule has 0 aliphatic carbocycles. The molecule has 0 saturated heterocycles. The average Bonchev–Trinajstić information content (AvgIpc) is 2.17. The van der Waals surface area contributed by atoms with Gasteiger partial charge in [-0.3, -0.25) is 4.79 Å². The largest absolute Gasteiger partial charge is 0.422 e. The fraction of sp³-hybridized carbons (Fsp3) is 0. The molecule has 0 aliphatic heterocycles. The third kappa shape index (κ3) is 1.76. The summed E-state index contributed by atoms with van der Waals surface area (Å²) in [5, 5.41) is -0.603. The molecule has 3 nitrogen and oxygen atoms in total. The van der Waals surface area contributed by atoms with E-state index in [0.717, 1.165) is 12.1 Å². The van der Waals surface area contributed by atoms with Crippen molar-refractivity contribution < 1.29 is 13.6 Å². The van der Waals surface area contributed by atoms with Crippen molar-refractivity contribution in [1.29, 1.82) is 0 Å². The Morgan fingerprint density at radius 3 is 2.73 bits per heavy atom. The van der Waals surface area contributed by atoms with Crippen LogP contribution < -0.4 is 5.63 Å². The summed E-state index contributed by atoms with van der Waals surface area (Å²) in [7, 11) is 0. The van der Waals surface area contributed by atoms with Crippen LogP contribution >= 0.6 is 11.6 Å². The number of hydrogen-bond donors (Lipinski definition) is 0. The van der Waals surface area contributed by atoms with E-state index in [1.165, 1.54) is 12.1 Å². The quantitative estimate of drug-likeness (QED) is 0.554. The van der Waals surface area contributed by atoms with Crippen LogP contribution in [-0.4, -0.2) is 5.24 Å². The SMILES string of the molecule is O=C(Cl)c1cc2cc(F)ccc2oc1=O. The minimum Gasteiger partial charge on any atom is -0.422 e. The molecule has 0 bridgehead atoms. The normalized spacial score (nSPS) is 10.5. The molecule has 76 valence electrons. The van der Waals surface area contributed by atoms with Crippen LogP contribution in [0.5, 0.6) is 0 Å². The first-order valence-corrected chi connectivity index (χ1v) is 4.39. The number of carbonyl (C=O) groups is 1. The number of carbonyl (C=O) groups excluding carboxylic acids is 1. The summed E-state index contributed by atoms with van der Waals surface area (Å²) in [5.41, 5.74) is -0.910. The molecule has 1 heterocycles. The van der Waals surface area contributed by atoms with E-state index in [9.17, 15) is 14.0 Å². The Hall–Kier alpha value is -1.68. The molecule has 0 amide bonds. The van der Waals surface area contributed by atoms with Gasteiger partial charge in [0.25, 0.3) is 5.24 Å². The first-order chi connectivity index (χ1) is 7.08. The van der Waals surface area contributed by atoms with E-state index in [-0.39, 0.29) is 11.1 Å². The lowest BCUT2D eigenvalue weighted by Gasteiger charge is -1.97. The van der Waals surface area contributed by atoms with E-state index in [4.69, 9.17) is 16.0 Å². The van der Waals surface area contributed by atoms with Gasteiger partial charge >= 0.3 is 5.63 Å². The topological polar surface area (TPSA) is 47.3 Å². The van der Waals surface area contributed by atoms with Crippen LogP contribution in [0.25, 0.3) is 11.0 Å². The molecular weight excluding hydrogens is 223 g/mol. The Morgan fingerprint density at radius 1 is 1.33 bits per heavy atom. The second-order valence-electron chi connectivity index (χ2n) is 2.90. The Kier molecular flexibility index (Phi) is 2.28. The number of halogens is 2. The minimum atomic E-state index is -0.921. The predicted molar refractivity (Wildman–Crippen MR) is 52.6 cm³/mol. The molecule has 2 aromatic rings. The van der Waals surface area contributed by atoms with Crippen molar-refractivity contribution in [3.63, 3.8) is 0 Å². The molecule has 0 N–H and O–H groups in total. The van der Waals surface area contributed by atoms with E-state index in [2.05, 4.69) is 0 Å². The lowest BCUT2D eigenvalue weighted by Crippen LogP contribution is -2.09. The van der Waals surface area contributed by atoms with Gasteiger partial charge in [-0.25, -0.2) is 9.18 Å². The molecule has 0 saturated carbocycles. The van der Waals surface area contributed by atoms with Crippen LogP contribution in [-0.2, 0) is 0 Å². The lowest BCUT2D eigenvalue weighted by atomic mass is 10.2. The molecule has 0 aliphatic rings. The van der Waals surface area contributed by atoms with Gasteiger partial charge in [0.1, 0.15) is 17.0 Å². The first kappa shape index (κ1) is 9.86. The molecule has 2 rings (SSSR count). The van der Waals surface area contributed by atoms with E-state index in [1.807, 2.05) is 0 Å². The van der Waals surface area contributed by atoms with E-state index in [0.29, 0.717) is 5.39 Å². The Balaban J connectivity index is 2.83. The fourth-order valence-electron chi connectivity index (χ4n) is 1.23. The smallest absolute Gasteiger partial charge is 0.348 e. The van der Waals surface area contributed by atoms with Gasteiger partial charge in [0, 0.05) is 5.39 Å². The highest BCUT2D eigenvalue weighted by atomic mass is 35.5. The van der Waals surface area contributed by atoms with Crippen molar-refractivity contribution in [2.24, 2.45) is 0 Å². The van der Waals surface area contributed by atoms with Crippen LogP contribution in [0.4, 0.5) is 4.39 Å². The number of hydrogen-bond acceptors (Lipinski definition) is 3. The third-order valence-corrected chi connectivity index (χ3v) is 2.11. The predicted octanol–water partition coefficient (Wildman–Crippen LogP) is 2.31. The van der Waals surface area contributed by atoms with Crippen molar-refractivity contribution in [2.75, 3.05) is 0 Å². The van der Waals surface area contributed by atoms with E-state index < -0.39 is 16.7 Å². The molecular formula is C10H4ClFO3.